The van der Waals surface area contributed by atoms with E-state index in [0.717, 1.165) is 22.6 Å². The molecule has 1 heterocycles. The summed E-state index contributed by atoms with van der Waals surface area (Å²) in [6.07, 6.45) is 0. The number of hydrogen-bond acceptors (Lipinski definition) is 4. The molecule has 1 unspecified atom stereocenters. The molecule has 1 amide bonds. The summed E-state index contributed by atoms with van der Waals surface area (Å²) >= 11 is 5.87. The number of nitrogens with zero attached hydrogens (tertiary/aromatic N) is 1. The van der Waals surface area contributed by atoms with E-state index in [-0.39, 0.29) is 18.7 Å². The van der Waals surface area contributed by atoms with Crippen molar-refractivity contribution in [3.05, 3.63) is 58.6 Å². The van der Waals surface area contributed by atoms with Gasteiger partial charge in [0, 0.05) is 18.1 Å². The Kier molecular flexibility index (Phi) is 5.46. The van der Waals surface area contributed by atoms with Gasteiger partial charge in [-0.2, -0.15) is 0 Å². The Morgan fingerprint density at radius 3 is 2.60 bits per heavy atom. The summed E-state index contributed by atoms with van der Waals surface area (Å²) in [5, 5.41) is 3.65. The summed E-state index contributed by atoms with van der Waals surface area (Å²) in [7, 11) is 1.93. The average molecular weight is 361 g/mol. The van der Waals surface area contributed by atoms with Crippen LogP contribution in [0.1, 0.15) is 18.1 Å². The molecule has 0 aromatic heterocycles. The molecule has 5 nitrogen and oxygen atoms in total. The van der Waals surface area contributed by atoms with Gasteiger partial charge in [0.05, 0.1) is 6.04 Å². The normalized spacial score (nSPS) is 13.8. The molecule has 1 aliphatic heterocycles. The first-order chi connectivity index (χ1) is 12.0. The number of carbonyl (C=O) groups excluding carboxylic acids is 1. The van der Waals surface area contributed by atoms with Gasteiger partial charge in [0.2, 0.25) is 12.7 Å². The van der Waals surface area contributed by atoms with Crippen molar-refractivity contribution in [2.45, 2.75) is 26.1 Å². The van der Waals surface area contributed by atoms with Crippen LogP contribution >= 0.6 is 11.6 Å². The number of ether oxygens (including phenoxy) is 2. The van der Waals surface area contributed by atoms with E-state index in [9.17, 15) is 4.79 Å². The fourth-order valence-electron chi connectivity index (χ4n) is 2.60. The van der Waals surface area contributed by atoms with Gasteiger partial charge >= 0.3 is 0 Å². The quantitative estimate of drug-likeness (QED) is 0.859. The Labute approximate surface area is 152 Å². The molecular formula is C19H21ClN2O3. The molecule has 0 fully saturated rings. The van der Waals surface area contributed by atoms with Gasteiger partial charge in [0.1, 0.15) is 0 Å². The molecule has 0 saturated heterocycles. The number of nitrogens with one attached hydrogen (secondary N) is 1. The molecular weight excluding hydrogens is 340 g/mol. The minimum Gasteiger partial charge on any atom is -0.454 e. The topological polar surface area (TPSA) is 50.8 Å². The molecule has 1 aliphatic rings. The molecule has 0 aliphatic carbocycles. The first kappa shape index (κ1) is 17.6. The van der Waals surface area contributed by atoms with Crippen LogP contribution in [0.4, 0.5) is 0 Å². The van der Waals surface area contributed by atoms with Gasteiger partial charge in [0.15, 0.2) is 11.5 Å². The van der Waals surface area contributed by atoms with Crippen LogP contribution in [0.5, 0.6) is 11.5 Å². The number of carbonyl (C=O) groups is 1. The van der Waals surface area contributed by atoms with Gasteiger partial charge in [-0.25, -0.2) is 0 Å². The third-order valence-corrected chi connectivity index (χ3v) is 4.54. The molecule has 0 spiro atoms. The number of fused-ring (bicyclic) bond motifs is 1. The van der Waals surface area contributed by atoms with Crippen molar-refractivity contribution in [1.82, 2.24) is 10.2 Å². The number of halogens is 1. The highest BCUT2D eigenvalue weighted by molar-refractivity contribution is 6.30. The van der Waals surface area contributed by atoms with E-state index in [1.54, 1.807) is 0 Å². The van der Waals surface area contributed by atoms with E-state index in [4.69, 9.17) is 21.1 Å². The first-order valence-corrected chi connectivity index (χ1v) is 8.51. The lowest BCUT2D eigenvalue weighted by molar-refractivity contribution is -0.125. The second-order valence-electron chi connectivity index (χ2n) is 6.12. The third-order valence-electron chi connectivity index (χ3n) is 4.29. The largest absolute Gasteiger partial charge is 0.454 e. The second kappa shape index (κ2) is 7.76. The van der Waals surface area contributed by atoms with Crippen molar-refractivity contribution in [3.8, 4) is 11.5 Å². The predicted molar refractivity (Wildman–Crippen MR) is 96.8 cm³/mol. The first-order valence-electron chi connectivity index (χ1n) is 8.14. The van der Waals surface area contributed by atoms with Crippen LogP contribution in [0, 0.1) is 0 Å². The second-order valence-corrected chi connectivity index (χ2v) is 6.56. The molecule has 3 rings (SSSR count). The van der Waals surface area contributed by atoms with E-state index in [1.165, 1.54) is 0 Å². The fraction of sp³-hybridized carbons (Fsp3) is 0.316. The van der Waals surface area contributed by atoms with E-state index in [0.29, 0.717) is 18.1 Å². The highest BCUT2D eigenvalue weighted by atomic mass is 35.5. The minimum absolute atomic E-state index is 0.0156. The zero-order valence-electron chi connectivity index (χ0n) is 14.3. The van der Waals surface area contributed by atoms with Crippen molar-refractivity contribution in [2.24, 2.45) is 0 Å². The van der Waals surface area contributed by atoms with Crippen LogP contribution < -0.4 is 14.8 Å². The Bertz CT molecular complexity index is 749. The van der Waals surface area contributed by atoms with Gasteiger partial charge < -0.3 is 14.8 Å². The van der Waals surface area contributed by atoms with Gasteiger partial charge in [0.25, 0.3) is 0 Å². The van der Waals surface area contributed by atoms with Crippen LogP contribution in [-0.4, -0.2) is 30.7 Å². The predicted octanol–water partition coefficient (Wildman–Crippen LogP) is 3.21. The van der Waals surface area contributed by atoms with Crippen molar-refractivity contribution < 1.29 is 14.3 Å². The highest BCUT2D eigenvalue weighted by Crippen LogP contribution is 2.32. The van der Waals surface area contributed by atoms with Gasteiger partial charge in [-0.15, -0.1) is 0 Å². The van der Waals surface area contributed by atoms with Gasteiger partial charge in [-0.1, -0.05) is 29.8 Å². The molecule has 0 radical (unpaired) electrons. The smallest absolute Gasteiger partial charge is 0.237 e. The van der Waals surface area contributed by atoms with E-state index in [2.05, 4.69) is 5.32 Å². The van der Waals surface area contributed by atoms with Crippen molar-refractivity contribution in [3.63, 3.8) is 0 Å². The molecule has 1 atom stereocenters. The maximum absolute atomic E-state index is 12.4. The number of amides is 1. The number of hydrogen-bond donors (Lipinski definition) is 1. The summed E-state index contributed by atoms with van der Waals surface area (Å²) in [6.45, 7) is 3.28. The summed E-state index contributed by atoms with van der Waals surface area (Å²) in [6, 6.07) is 13.0. The number of rotatable bonds is 6. The standard InChI is InChI=1S/C19H21ClN2O3/c1-13(19(23)21-10-14-3-6-16(20)7-4-14)22(2)11-15-5-8-17-18(9-15)25-12-24-17/h3-9,13H,10-12H2,1-2H3,(H,21,23). The fourth-order valence-corrected chi connectivity index (χ4v) is 2.73. The lowest BCUT2D eigenvalue weighted by Gasteiger charge is -2.24. The third kappa shape index (κ3) is 4.44. The monoisotopic (exact) mass is 360 g/mol. The molecule has 2 aromatic carbocycles. The van der Waals surface area contributed by atoms with Gasteiger partial charge in [-0.3, -0.25) is 9.69 Å². The Morgan fingerprint density at radius 2 is 1.84 bits per heavy atom. The zero-order valence-corrected chi connectivity index (χ0v) is 15.0. The maximum atomic E-state index is 12.4. The molecule has 25 heavy (non-hydrogen) atoms. The van der Waals surface area contributed by atoms with Crippen LogP contribution in [0.3, 0.4) is 0 Å². The summed E-state index contributed by atoms with van der Waals surface area (Å²) < 4.78 is 10.7. The summed E-state index contributed by atoms with van der Waals surface area (Å²) in [4.78, 5) is 14.4. The van der Waals surface area contributed by atoms with Crippen LogP contribution in [0.2, 0.25) is 5.02 Å². The van der Waals surface area contributed by atoms with Crippen LogP contribution in [0.15, 0.2) is 42.5 Å². The Morgan fingerprint density at radius 1 is 1.16 bits per heavy atom. The van der Waals surface area contributed by atoms with Crippen molar-refractivity contribution in [1.29, 1.82) is 0 Å². The molecule has 0 saturated carbocycles. The number of likely N-dealkylation sites (N-methyl/N-ethyl adjacent to an activating group) is 1. The van der Waals surface area contributed by atoms with Gasteiger partial charge in [-0.05, 0) is 49.4 Å². The molecule has 2 aromatic rings. The highest BCUT2D eigenvalue weighted by Gasteiger charge is 2.19. The van der Waals surface area contributed by atoms with Crippen LogP contribution in [-0.2, 0) is 17.9 Å². The average Bonchev–Trinajstić information content (AvgIpc) is 3.08. The SMILES string of the molecule is CC(C(=O)NCc1ccc(Cl)cc1)N(C)Cc1ccc2c(c1)OCO2. The maximum Gasteiger partial charge on any atom is 0.237 e. The molecule has 0 bridgehead atoms. The summed E-state index contributed by atoms with van der Waals surface area (Å²) in [5.41, 5.74) is 2.09. The van der Waals surface area contributed by atoms with E-state index >= 15 is 0 Å². The summed E-state index contributed by atoms with van der Waals surface area (Å²) in [5.74, 6) is 1.50. The minimum atomic E-state index is -0.252. The zero-order chi connectivity index (χ0) is 17.8. The van der Waals surface area contributed by atoms with Crippen molar-refractivity contribution >= 4 is 17.5 Å². The lowest BCUT2D eigenvalue weighted by atomic mass is 10.1. The Hall–Kier alpha value is -2.24. The lowest BCUT2D eigenvalue weighted by Crippen LogP contribution is -2.42. The van der Waals surface area contributed by atoms with Crippen molar-refractivity contribution in [2.75, 3.05) is 13.8 Å². The van der Waals surface area contributed by atoms with Crippen LogP contribution in [0.25, 0.3) is 0 Å². The Balaban J connectivity index is 1.53. The molecule has 1 N–H and O–H groups in total. The molecule has 6 heteroatoms. The van der Waals surface area contributed by atoms with E-state index in [1.807, 2.05) is 61.3 Å². The molecule has 132 valence electrons. The number of benzene rings is 2. The van der Waals surface area contributed by atoms with E-state index < -0.39 is 0 Å².